The lowest BCUT2D eigenvalue weighted by Crippen LogP contribution is -2.28. The first-order valence-corrected chi connectivity index (χ1v) is 27.6. The van der Waals surface area contributed by atoms with E-state index < -0.39 is 0 Å². The number of unbranched alkanes of at least 4 members (excludes halogenated alkanes) is 18. The summed E-state index contributed by atoms with van der Waals surface area (Å²) in [6, 6.07) is 0. The molecule has 0 aromatic rings. The fourth-order valence-corrected chi connectivity index (χ4v) is 10.2. The molecule has 0 bridgehead atoms. The number of rotatable bonds is 43. The lowest BCUT2D eigenvalue weighted by atomic mass is 9.88. The highest BCUT2D eigenvalue weighted by molar-refractivity contribution is 5.72. The maximum absolute atomic E-state index is 13.9. The second-order valence-corrected chi connectivity index (χ2v) is 20.4. The summed E-state index contributed by atoms with van der Waals surface area (Å²) in [5.41, 5.74) is 0. The van der Waals surface area contributed by atoms with E-state index in [1.54, 1.807) is 0 Å². The lowest BCUT2D eigenvalue weighted by Gasteiger charge is -2.24. The fraction of sp³-hybridized carbons (Fsp3) is 0.911. The number of carbonyl (C=O) groups is 3. The van der Waals surface area contributed by atoms with Gasteiger partial charge in [0.2, 0.25) is 0 Å². The van der Waals surface area contributed by atoms with Crippen molar-refractivity contribution in [3.63, 3.8) is 0 Å². The molecule has 7 nitrogen and oxygen atoms in total. The second kappa shape index (κ2) is 38.2. The second-order valence-electron chi connectivity index (χ2n) is 20.4. The number of hydrogen-bond donors (Lipinski definition) is 0. The molecule has 0 heterocycles. The Bertz CT molecular complexity index is 1150. The molecule has 2 fully saturated rings. The molecule has 0 aromatic heterocycles. The van der Waals surface area contributed by atoms with Crippen molar-refractivity contribution in [1.29, 1.82) is 0 Å². The topological polar surface area (TPSA) is 82.1 Å². The van der Waals surface area contributed by atoms with Gasteiger partial charge in [0.15, 0.2) is 0 Å². The summed E-state index contributed by atoms with van der Waals surface area (Å²) in [6.07, 6.45) is 44.4. The summed E-state index contributed by atoms with van der Waals surface area (Å²) in [5, 5.41) is 0. The first kappa shape index (κ1) is 57.2. The zero-order valence-electron chi connectivity index (χ0n) is 42.5. The van der Waals surface area contributed by atoms with Crippen LogP contribution in [0.2, 0.25) is 0 Å². The Morgan fingerprint density at radius 2 is 1.13 bits per heavy atom. The van der Waals surface area contributed by atoms with Crippen LogP contribution in [0.3, 0.4) is 0 Å². The van der Waals surface area contributed by atoms with Gasteiger partial charge in [0, 0.05) is 25.2 Å². The number of ether oxygens (including phenoxy) is 3. The van der Waals surface area contributed by atoms with Gasteiger partial charge < -0.3 is 19.1 Å². The van der Waals surface area contributed by atoms with E-state index in [1.807, 2.05) is 14.1 Å². The molecule has 0 aliphatic heterocycles. The highest BCUT2D eigenvalue weighted by atomic mass is 16.6. The Labute approximate surface area is 390 Å². The van der Waals surface area contributed by atoms with Crippen molar-refractivity contribution in [1.82, 2.24) is 4.90 Å². The van der Waals surface area contributed by atoms with Gasteiger partial charge in [0.1, 0.15) is 12.2 Å². The first-order valence-electron chi connectivity index (χ1n) is 27.6. The molecule has 7 unspecified atom stereocenters. The van der Waals surface area contributed by atoms with Gasteiger partial charge in [-0.2, -0.15) is 0 Å². The molecule has 2 saturated carbocycles. The van der Waals surface area contributed by atoms with Crippen molar-refractivity contribution in [3.8, 4) is 0 Å². The van der Waals surface area contributed by atoms with E-state index in [1.165, 1.54) is 135 Å². The Morgan fingerprint density at radius 3 is 1.70 bits per heavy atom. The minimum absolute atomic E-state index is 0.0255. The highest BCUT2D eigenvalue weighted by Crippen LogP contribution is 2.46. The van der Waals surface area contributed by atoms with Crippen LogP contribution in [0.4, 0.5) is 0 Å². The van der Waals surface area contributed by atoms with Crippen molar-refractivity contribution in [3.05, 3.63) is 12.2 Å². The van der Waals surface area contributed by atoms with Gasteiger partial charge in [-0.3, -0.25) is 14.4 Å². The standard InChI is InChI=1S/C56H103NO6/c1-7-11-15-18-22-28-34-47(33-27-17-13-9-3)56(60)62-51(37-31-25-21-20-24-30-36-49-45-48(49)35-29-23-19-16-12-8-2)42-44-61-55(59)46-50-40-41-53(52(50)38-26-14-10-4)63-54(58)39-32-43-57(5)6/h14,26,47-53H,7-13,15-25,27-46H2,1-6H3/b26-14-. The van der Waals surface area contributed by atoms with Crippen LogP contribution in [0, 0.1) is 29.6 Å². The summed E-state index contributed by atoms with van der Waals surface area (Å²) >= 11 is 0. The normalized spacial score (nSPS) is 20.7. The van der Waals surface area contributed by atoms with E-state index >= 15 is 0 Å². The van der Waals surface area contributed by atoms with Gasteiger partial charge >= 0.3 is 17.9 Å². The minimum Gasteiger partial charge on any atom is -0.466 e. The summed E-state index contributed by atoms with van der Waals surface area (Å²) < 4.78 is 18.3. The van der Waals surface area contributed by atoms with E-state index in [-0.39, 0.29) is 54.5 Å². The molecular weight excluding hydrogens is 783 g/mol. The Balaban J connectivity index is 1.89. The summed E-state index contributed by atoms with van der Waals surface area (Å²) in [4.78, 5) is 42.1. The summed E-state index contributed by atoms with van der Waals surface area (Å²) in [6.45, 7) is 10.0. The molecule has 0 saturated heterocycles. The number of esters is 3. The van der Waals surface area contributed by atoms with Gasteiger partial charge in [0.25, 0.3) is 0 Å². The smallest absolute Gasteiger partial charge is 0.309 e. The van der Waals surface area contributed by atoms with Crippen LogP contribution in [0.1, 0.15) is 259 Å². The van der Waals surface area contributed by atoms with E-state index in [9.17, 15) is 14.4 Å². The first-order chi connectivity index (χ1) is 30.7. The van der Waals surface area contributed by atoms with E-state index in [0.29, 0.717) is 19.3 Å². The Morgan fingerprint density at radius 1 is 0.587 bits per heavy atom. The minimum atomic E-state index is -0.221. The number of hydrogen-bond acceptors (Lipinski definition) is 7. The van der Waals surface area contributed by atoms with Crippen molar-refractivity contribution >= 4 is 17.9 Å². The molecule has 368 valence electrons. The van der Waals surface area contributed by atoms with E-state index in [2.05, 4.69) is 44.7 Å². The third kappa shape index (κ3) is 29.4. The number of carbonyl (C=O) groups excluding carboxylic acids is 3. The molecule has 7 heteroatoms. The van der Waals surface area contributed by atoms with Crippen molar-refractivity contribution in [2.75, 3.05) is 27.2 Å². The SMILES string of the molecule is CC/C=C\CC1C(CC(=O)OCCC(CCCCCCCCC2CC2CCCCCCCC)OC(=O)C(CCCCCC)CCCCCCCC)CCC1OC(=O)CCCN(C)C. The molecule has 2 aliphatic carbocycles. The molecule has 2 aliphatic rings. The molecule has 0 aromatic carbocycles. The van der Waals surface area contributed by atoms with Gasteiger partial charge in [-0.1, -0.05) is 188 Å². The fourth-order valence-electron chi connectivity index (χ4n) is 10.2. The Hall–Kier alpha value is -1.89. The average molecular weight is 886 g/mol. The molecule has 0 radical (unpaired) electrons. The largest absolute Gasteiger partial charge is 0.466 e. The predicted octanol–water partition coefficient (Wildman–Crippen LogP) is 15.7. The van der Waals surface area contributed by atoms with E-state index in [4.69, 9.17) is 14.2 Å². The van der Waals surface area contributed by atoms with Crippen LogP contribution in [0.25, 0.3) is 0 Å². The zero-order valence-corrected chi connectivity index (χ0v) is 42.5. The number of allylic oxidation sites excluding steroid dienone is 2. The number of nitrogens with zero attached hydrogens (tertiary/aromatic N) is 1. The van der Waals surface area contributed by atoms with Crippen LogP contribution in [-0.2, 0) is 28.6 Å². The van der Waals surface area contributed by atoms with Crippen molar-refractivity contribution < 1.29 is 28.6 Å². The third-order valence-electron chi connectivity index (χ3n) is 14.4. The maximum atomic E-state index is 13.9. The van der Waals surface area contributed by atoms with Crippen LogP contribution < -0.4 is 0 Å². The molecule has 0 amide bonds. The molecule has 7 atom stereocenters. The summed E-state index contributed by atoms with van der Waals surface area (Å²) in [7, 11) is 4.03. The van der Waals surface area contributed by atoms with Gasteiger partial charge in [-0.05, 0) is 103 Å². The maximum Gasteiger partial charge on any atom is 0.309 e. The van der Waals surface area contributed by atoms with Crippen LogP contribution in [0.15, 0.2) is 12.2 Å². The van der Waals surface area contributed by atoms with Crippen LogP contribution in [0.5, 0.6) is 0 Å². The molecule has 63 heavy (non-hydrogen) atoms. The Kier molecular flexibility index (Phi) is 34.7. The summed E-state index contributed by atoms with van der Waals surface area (Å²) in [5.74, 6) is 1.89. The predicted molar refractivity (Wildman–Crippen MR) is 265 cm³/mol. The van der Waals surface area contributed by atoms with Gasteiger partial charge in [0.05, 0.1) is 12.5 Å². The van der Waals surface area contributed by atoms with Crippen molar-refractivity contribution in [2.45, 2.75) is 271 Å². The molecule has 2 rings (SSSR count). The highest BCUT2D eigenvalue weighted by Gasteiger charge is 2.39. The quantitative estimate of drug-likeness (QED) is 0.0261. The molecular formula is C56H103NO6. The third-order valence-corrected chi connectivity index (χ3v) is 14.4. The molecule has 0 spiro atoms. The monoisotopic (exact) mass is 886 g/mol. The van der Waals surface area contributed by atoms with E-state index in [0.717, 1.165) is 95.4 Å². The molecule has 0 N–H and O–H groups in total. The lowest BCUT2D eigenvalue weighted by molar-refractivity contribution is -0.157. The van der Waals surface area contributed by atoms with Gasteiger partial charge in [-0.25, -0.2) is 0 Å². The van der Waals surface area contributed by atoms with Crippen molar-refractivity contribution in [2.24, 2.45) is 29.6 Å². The average Bonchev–Trinajstić information content (AvgIpc) is 3.91. The van der Waals surface area contributed by atoms with Crippen LogP contribution >= 0.6 is 0 Å². The van der Waals surface area contributed by atoms with Gasteiger partial charge in [-0.15, -0.1) is 0 Å². The zero-order chi connectivity index (χ0) is 45.8. The van der Waals surface area contributed by atoms with Crippen LogP contribution in [-0.4, -0.2) is 62.3 Å².